The number of rotatable bonds is 6. The maximum Gasteiger partial charge on any atom is 0.319 e. The Hall–Kier alpha value is -2.63. The second kappa shape index (κ2) is 8.39. The fourth-order valence-corrected chi connectivity index (χ4v) is 5.20. The van der Waals surface area contributed by atoms with Crippen LogP contribution in [0.5, 0.6) is 11.9 Å². The fourth-order valence-electron chi connectivity index (χ4n) is 5.20. The van der Waals surface area contributed by atoms with Gasteiger partial charge in [0.2, 0.25) is 11.8 Å². The van der Waals surface area contributed by atoms with Crippen LogP contribution >= 0.6 is 0 Å². The number of fused-ring (bicyclic) bond motifs is 1. The first-order chi connectivity index (χ1) is 14.1. The van der Waals surface area contributed by atoms with Crippen molar-refractivity contribution in [2.45, 2.75) is 51.0 Å². The monoisotopic (exact) mass is 395 g/mol. The molecule has 154 valence electrons. The van der Waals surface area contributed by atoms with E-state index in [0.717, 1.165) is 0 Å². The van der Waals surface area contributed by atoms with Crippen molar-refractivity contribution in [3.05, 3.63) is 47.2 Å². The number of ether oxygens (including phenoxy) is 2. The van der Waals surface area contributed by atoms with Gasteiger partial charge in [0.1, 0.15) is 0 Å². The number of nitrogens with one attached hydrogen (secondary N) is 1. The van der Waals surface area contributed by atoms with Crippen molar-refractivity contribution in [2.24, 2.45) is 11.8 Å². The minimum atomic E-state index is -0.00452. The number of amides is 1. The zero-order valence-electron chi connectivity index (χ0n) is 17.4. The molecule has 0 spiro atoms. The predicted octanol–water partition coefficient (Wildman–Crippen LogP) is 3.43. The third kappa shape index (κ3) is 3.80. The van der Waals surface area contributed by atoms with Crippen molar-refractivity contribution in [1.82, 2.24) is 15.3 Å². The topological polar surface area (TPSA) is 73.3 Å². The molecular weight excluding hydrogens is 366 g/mol. The van der Waals surface area contributed by atoms with Crippen molar-refractivity contribution in [3.8, 4) is 11.9 Å². The Balaban J connectivity index is 1.51. The van der Waals surface area contributed by atoms with E-state index in [2.05, 4.69) is 39.6 Å². The standard InChI is InChI=1S/C23H29N3O3/c1-14-18(22(28-2)26-23(24-14)29-3)13-19(27)25-21-17-12-8-7-11-16(17)20(21)15-9-5-4-6-10-15/h4-6,9-10,16-17,20-21H,7-8,11-13H2,1-3H3,(H,25,27)/t16-,17+,20-,21-/m0/s1. The van der Waals surface area contributed by atoms with Gasteiger partial charge in [0.05, 0.1) is 26.3 Å². The first-order valence-corrected chi connectivity index (χ1v) is 10.4. The number of carbonyl (C=O) groups is 1. The number of benzene rings is 1. The summed E-state index contributed by atoms with van der Waals surface area (Å²) in [7, 11) is 3.06. The van der Waals surface area contributed by atoms with E-state index in [4.69, 9.17) is 9.47 Å². The van der Waals surface area contributed by atoms with Crippen LogP contribution in [0.25, 0.3) is 0 Å². The largest absolute Gasteiger partial charge is 0.481 e. The summed E-state index contributed by atoms with van der Waals surface area (Å²) in [5.41, 5.74) is 2.75. The Morgan fingerprint density at radius 3 is 2.48 bits per heavy atom. The van der Waals surface area contributed by atoms with E-state index in [1.54, 1.807) is 7.11 Å². The van der Waals surface area contributed by atoms with Crippen LogP contribution in [0.4, 0.5) is 0 Å². The maximum absolute atomic E-state index is 13.0. The highest BCUT2D eigenvalue weighted by Gasteiger charge is 2.51. The minimum absolute atomic E-state index is 0.00452. The van der Waals surface area contributed by atoms with E-state index in [0.29, 0.717) is 34.9 Å². The Labute approximate surface area is 172 Å². The smallest absolute Gasteiger partial charge is 0.319 e. The number of hydrogen-bond donors (Lipinski definition) is 1. The summed E-state index contributed by atoms with van der Waals surface area (Å²) in [4.78, 5) is 21.5. The van der Waals surface area contributed by atoms with E-state index in [9.17, 15) is 4.79 Å². The van der Waals surface area contributed by atoms with Crippen LogP contribution in [0.3, 0.4) is 0 Å². The molecule has 2 aliphatic rings. The quantitative estimate of drug-likeness (QED) is 0.811. The van der Waals surface area contributed by atoms with E-state index in [-0.39, 0.29) is 24.4 Å². The van der Waals surface area contributed by atoms with E-state index in [1.807, 2.05) is 13.0 Å². The molecule has 6 nitrogen and oxygen atoms in total. The Kier molecular flexibility index (Phi) is 5.69. The van der Waals surface area contributed by atoms with Crippen molar-refractivity contribution in [2.75, 3.05) is 14.2 Å². The highest BCUT2D eigenvalue weighted by atomic mass is 16.5. The van der Waals surface area contributed by atoms with Gasteiger partial charge in [-0.05, 0) is 37.2 Å². The lowest BCUT2D eigenvalue weighted by Crippen LogP contribution is -2.59. The maximum atomic E-state index is 13.0. The molecular formula is C23H29N3O3. The molecule has 1 aromatic heterocycles. The molecule has 0 saturated heterocycles. The summed E-state index contributed by atoms with van der Waals surface area (Å²) >= 11 is 0. The van der Waals surface area contributed by atoms with E-state index >= 15 is 0 Å². The van der Waals surface area contributed by atoms with Gasteiger partial charge in [0.25, 0.3) is 0 Å². The van der Waals surface area contributed by atoms with Gasteiger partial charge >= 0.3 is 6.01 Å². The molecule has 0 aliphatic heterocycles. The van der Waals surface area contributed by atoms with Gasteiger partial charge in [-0.1, -0.05) is 43.2 Å². The summed E-state index contributed by atoms with van der Waals surface area (Å²) in [6.07, 6.45) is 5.22. The molecule has 1 N–H and O–H groups in total. The van der Waals surface area contributed by atoms with E-state index in [1.165, 1.54) is 38.4 Å². The molecule has 2 aliphatic carbocycles. The molecule has 4 atom stereocenters. The van der Waals surface area contributed by atoms with Crippen LogP contribution in [0.1, 0.15) is 48.4 Å². The number of nitrogens with zero attached hydrogens (tertiary/aromatic N) is 2. The van der Waals surface area contributed by atoms with Crippen LogP contribution < -0.4 is 14.8 Å². The van der Waals surface area contributed by atoms with Crippen LogP contribution in [-0.4, -0.2) is 36.1 Å². The highest BCUT2D eigenvalue weighted by molar-refractivity contribution is 5.80. The van der Waals surface area contributed by atoms with Crippen molar-refractivity contribution >= 4 is 5.91 Å². The zero-order chi connectivity index (χ0) is 20.4. The van der Waals surface area contributed by atoms with Gasteiger partial charge in [0.15, 0.2) is 0 Å². The summed E-state index contributed by atoms with van der Waals surface area (Å²) in [5.74, 6) is 2.05. The molecule has 0 bridgehead atoms. The normalized spacial score (nSPS) is 25.5. The first-order valence-electron chi connectivity index (χ1n) is 10.4. The lowest BCUT2D eigenvalue weighted by atomic mass is 9.53. The number of aryl methyl sites for hydroxylation is 1. The third-order valence-electron chi connectivity index (χ3n) is 6.57. The van der Waals surface area contributed by atoms with Crippen molar-refractivity contribution in [1.29, 1.82) is 0 Å². The molecule has 1 aromatic carbocycles. The van der Waals surface area contributed by atoms with Crippen LogP contribution in [-0.2, 0) is 11.2 Å². The average Bonchev–Trinajstić information content (AvgIpc) is 2.74. The summed E-state index contributed by atoms with van der Waals surface area (Å²) in [6.45, 7) is 1.85. The number of methoxy groups -OCH3 is 2. The summed E-state index contributed by atoms with van der Waals surface area (Å²) in [6, 6.07) is 11.1. The lowest BCUT2D eigenvalue weighted by Gasteiger charge is -2.55. The number of carbonyl (C=O) groups excluding carboxylic acids is 1. The Morgan fingerprint density at radius 2 is 1.79 bits per heavy atom. The first kappa shape index (κ1) is 19.7. The van der Waals surface area contributed by atoms with Crippen molar-refractivity contribution < 1.29 is 14.3 Å². The predicted molar refractivity (Wildman–Crippen MR) is 110 cm³/mol. The van der Waals surface area contributed by atoms with E-state index < -0.39 is 0 Å². The second-order valence-corrected chi connectivity index (χ2v) is 8.10. The molecule has 1 amide bonds. The molecule has 4 rings (SSSR count). The van der Waals surface area contributed by atoms with Gasteiger partial charge in [-0.2, -0.15) is 4.98 Å². The number of hydrogen-bond acceptors (Lipinski definition) is 5. The zero-order valence-corrected chi connectivity index (χ0v) is 17.4. The van der Waals surface area contributed by atoms with Crippen LogP contribution in [0.15, 0.2) is 30.3 Å². The molecule has 6 heteroatoms. The molecule has 29 heavy (non-hydrogen) atoms. The van der Waals surface area contributed by atoms with Crippen LogP contribution in [0, 0.1) is 18.8 Å². The fraction of sp³-hybridized carbons (Fsp3) is 0.522. The van der Waals surface area contributed by atoms with Gasteiger partial charge in [-0.25, -0.2) is 4.98 Å². The molecule has 2 aromatic rings. The highest BCUT2D eigenvalue weighted by Crippen LogP contribution is 2.54. The second-order valence-electron chi connectivity index (χ2n) is 8.10. The van der Waals surface area contributed by atoms with Gasteiger partial charge in [-0.15, -0.1) is 0 Å². The molecule has 0 unspecified atom stereocenters. The lowest BCUT2D eigenvalue weighted by molar-refractivity contribution is -0.124. The molecule has 0 radical (unpaired) electrons. The minimum Gasteiger partial charge on any atom is -0.481 e. The third-order valence-corrected chi connectivity index (χ3v) is 6.57. The van der Waals surface area contributed by atoms with Crippen LogP contribution in [0.2, 0.25) is 0 Å². The molecule has 1 heterocycles. The number of aromatic nitrogens is 2. The summed E-state index contributed by atoms with van der Waals surface area (Å²) in [5, 5.41) is 3.34. The van der Waals surface area contributed by atoms with Gasteiger partial charge in [-0.3, -0.25) is 4.79 Å². The SMILES string of the molecule is COc1nc(C)c(CC(=O)N[C@H]2[C@@H]3CCCC[C@@H]3[C@@H]2c2ccccc2)c(OC)n1. The average molecular weight is 396 g/mol. The van der Waals surface area contributed by atoms with Gasteiger partial charge in [0, 0.05) is 17.5 Å². The molecule has 2 fully saturated rings. The molecule has 2 saturated carbocycles. The Bertz CT molecular complexity index is 871. The summed E-state index contributed by atoms with van der Waals surface area (Å²) < 4.78 is 10.5. The van der Waals surface area contributed by atoms with Crippen molar-refractivity contribution in [3.63, 3.8) is 0 Å². The van der Waals surface area contributed by atoms with Gasteiger partial charge < -0.3 is 14.8 Å². The Morgan fingerprint density at radius 1 is 1.07 bits per heavy atom.